The van der Waals surface area contributed by atoms with E-state index in [-0.39, 0.29) is 24.1 Å². The first kappa shape index (κ1) is 21.4. The van der Waals surface area contributed by atoms with E-state index in [0.29, 0.717) is 18.4 Å². The maximum Gasteiger partial charge on any atom is 0.328 e. The Kier molecular flexibility index (Phi) is 5.75. The van der Waals surface area contributed by atoms with Gasteiger partial charge in [-0.2, -0.15) is 4.98 Å². The standard InChI is InChI=1S/C18H25N7O6/c19-8-3-1-2-7(8)15(28)23-12(17(29)30)11-4-10(26)13(27)16(31-11)25-6-22-9-5-21-18(20)24-14(9)25/h5-8,10-13,16,26-27H,1-4,19H2,(H,23,28)(H,29,30)(H2,20,21,24)/t7-,8+,10+,11+,12?,13-,16-/m1/s1. The summed E-state index contributed by atoms with van der Waals surface area (Å²) in [6.07, 6.45) is -0.447. The number of aromatic nitrogens is 4. The van der Waals surface area contributed by atoms with E-state index in [1.54, 1.807) is 0 Å². The number of nitrogens with zero attached hydrogens (tertiary/aromatic N) is 4. The van der Waals surface area contributed by atoms with Crippen LogP contribution in [0, 0.1) is 5.92 Å². The molecule has 7 atom stereocenters. The van der Waals surface area contributed by atoms with Crippen molar-refractivity contribution in [1.29, 1.82) is 0 Å². The highest BCUT2D eigenvalue weighted by atomic mass is 16.5. The van der Waals surface area contributed by atoms with Gasteiger partial charge in [0.2, 0.25) is 11.9 Å². The Labute approximate surface area is 176 Å². The van der Waals surface area contributed by atoms with Gasteiger partial charge in [0.25, 0.3) is 0 Å². The topological polar surface area (TPSA) is 212 Å². The Balaban J connectivity index is 1.59. The van der Waals surface area contributed by atoms with E-state index in [9.17, 15) is 24.9 Å². The second-order valence-electron chi connectivity index (χ2n) is 7.97. The van der Waals surface area contributed by atoms with Crippen LogP contribution in [0.4, 0.5) is 5.95 Å². The highest BCUT2D eigenvalue weighted by molar-refractivity contribution is 5.86. The lowest BCUT2D eigenvalue weighted by atomic mass is 9.95. The third-order valence-corrected chi connectivity index (χ3v) is 5.92. The Morgan fingerprint density at radius 2 is 2.06 bits per heavy atom. The van der Waals surface area contributed by atoms with Crippen molar-refractivity contribution in [2.45, 2.75) is 62.3 Å². The summed E-state index contributed by atoms with van der Waals surface area (Å²) >= 11 is 0. The molecule has 2 aromatic rings. The quantitative estimate of drug-likeness (QED) is 0.305. The van der Waals surface area contributed by atoms with Crippen molar-refractivity contribution in [2.75, 3.05) is 5.73 Å². The van der Waals surface area contributed by atoms with Gasteiger partial charge in [-0.15, -0.1) is 0 Å². The summed E-state index contributed by atoms with van der Waals surface area (Å²) < 4.78 is 7.21. The molecular weight excluding hydrogens is 410 g/mol. The van der Waals surface area contributed by atoms with Crippen LogP contribution in [-0.2, 0) is 14.3 Å². The Morgan fingerprint density at radius 3 is 2.74 bits per heavy atom. The van der Waals surface area contributed by atoms with E-state index in [1.807, 2.05) is 0 Å². The number of carbonyl (C=O) groups excluding carboxylic acids is 1. The van der Waals surface area contributed by atoms with E-state index in [4.69, 9.17) is 16.2 Å². The van der Waals surface area contributed by atoms with Crippen molar-refractivity contribution < 1.29 is 29.6 Å². The number of aliphatic hydroxyl groups excluding tert-OH is 2. The van der Waals surface area contributed by atoms with E-state index in [1.165, 1.54) is 17.1 Å². The number of amides is 1. The average molecular weight is 435 g/mol. The van der Waals surface area contributed by atoms with Gasteiger partial charge in [0, 0.05) is 12.5 Å². The number of nitrogen functional groups attached to an aromatic ring is 1. The molecule has 0 radical (unpaired) electrons. The predicted octanol–water partition coefficient (Wildman–Crippen LogP) is -1.89. The molecule has 31 heavy (non-hydrogen) atoms. The maximum absolute atomic E-state index is 12.6. The molecule has 1 saturated heterocycles. The van der Waals surface area contributed by atoms with Gasteiger partial charge in [-0.25, -0.2) is 14.8 Å². The molecule has 0 aromatic carbocycles. The molecule has 2 aromatic heterocycles. The predicted molar refractivity (Wildman–Crippen MR) is 105 cm³/mol. The molecule has 1 amide bonds. The number of aliphatic carboxylic acids is 1. The van der Waals surface area contributed by atoms with Gasteiger partial charge in [-0.05, 0) is 12.8 Å². The average Bonchev–Trinajstić information content (AvgIpc) is 3.33. The van der Waals surface area contributed by atoms with Crippen LogP contribution in [0.1, 0.15) is 31.9 Å². The van der Waals surface area contributed by atoms with Gasteiger partial charge in [0.1, 0.15) is 11.6 Å². The zero-order valence-corrected chi connectivity index (χ0v) is 16.5. The van der Waals surface area contributed by atoms with E-state index in [2.05, 4.69) is 20.3 Å². The minimum absolute atomic E-state index is 0.0276. The van der Waals surface area contributed by atoms with Crippen molar-refractivity contribution in [3.63, 3.8) is 0 Å². The Hall–Kier alpha value is -2.87. The number of carboxylic acid groups (broad SMARTS) is 1. The van der Waals surface area contributed by atoms with E-state index >= 15 is 0 Å². The lowest BCUT2D eigenvalue weighted by molar-refractivity contribution is -0.207. The molecule has 8 N–H and O–H groups in total. The van der Waals surface area contributed by atoms with Crippen molar-refractivity contribution >= 4 is 29.0 Å². The molecule has 3 heterocycles. The molecule has 4 rings (SSSR count). The summed E-state index contributed by atoms with van der Waals surface area (Å²) in [6, 6.07) is -1.77. The molecule has 2 aliphatic rings. The van der Waals surface area contributed by atoms with Crippen LogP contribution in [-0.4, -0.2) is 77.1 Å². The summed E-state index contributed by atoms with van der Waals surface area (Å²) in [4.78, 5) is 36.6. The smallest absolute Gasteiger partial charge is 0.328 e. The van der Waals surface area contributed by atoms with Crippen LogP contribution in [0.25, 0.3) is 11.2 Å². The lowest BCUT2D eigenvalue weighted by Gasteiger charge is -2.40. The monoisotopic (exact) mass is 435 g/mol. The molecule has 13 nitrogen and oxygen atoms in total. The number of hydrogen-bond acceptors (Lipinski definition) is 10. The Morgan fingerprint density at radius 1 is 1.29 bits per heavy atom. The largest absolute Gasteiger partial charge is 0.480 e. The molecule has 1 saturated carbocycles. The number of carboxylic acids is 1. The summed E-state index contributed by atoms with van der Waals surface area (Å²) in [7, 11) is 0. The molecule has 0 spiro atoms. The van der Waals surface area contributed by atoms with Crippen molar-refractivity contribution in [3.05, 3.63) is 12.5 Å². The zero-order chi connectivity index (χ0) is 22.3. The second-order valence-corrected chi connectivity index (χ2v) is 7.97. The highest BCUT2D eigenvalue weighted by Crippen LogP contribution is 2.32. The van der Waals surface area contributed by atoms with Crippen molar-refractivity contribution in [3.8, 4) is 0 Å². The van der Waals surface area contributed by atoms with Crippen molar-refractivity contribution in [2.24, 2.45) is 11.7 Å². The first-order valence-corrected chi connectivity index (χ1v) is 10.0. The number of carbonyl (C=O) groups is 2. The first-order chi connectivity index (χ1) is 14.8. The maximum atomic E-state index is 12.6. The van der Waals surface area contributed by atoms with Crippen LogP contribution in [0.5, 0.6) is 0 Å². The van der Waals surface area contributed by atoms with Crippen LogP contribution < -0.4 is 16.8 Å². The second kappa shape index (κ2) is 8.34. The summed E-state index contributed by atoms with van der Waals surface area (Å²) in [5.41, 5.74) is 12.2. The summed E-state index contributed by atoms with van der Waals surface area (Å²) in [6.45, 7) is 0. The normalized spacial score (nSPS) is 32.1. The van der Waals surface area contributed by atoms with Gasteiger partial charge >= 0.3 is 5.97 Å². The molecule has 2 fully saturated rings. The first-order valence-electron chi connectivity index (χ1n) is 10.0. The third-order valence-electron chi connectivity index (χ3n) is 5.92. The molecular formula is C18H25N7O6. The van der Waals surface area contributed by atoms with Gasteiger partial charge < -0.3 is 36.8 Å². The summed E-state index contributed by atoms with van der Waals surface area (Å²) in [5, 5.41) is 33.2. The Bertz CT molecular complexity index is 983. The minimum atomic E-state index is -1.44. The van der Waals surface area contributed by atoms with Crippen LogP contribution in [0.3, 0.4) is 0 Å². The number of nitrogens with one attached hydrogen (secondary N) is 1. The number of imidazole rings is 1. The molecule has 1 aliphatic heterocycles. The van der Waals surface area contributed by atoms with E-state index < -0.39 is 48.4 Å². The lowest BCUT2D eigenvalue weighted by Crippen LogP contribution is -2.57. The van der Waals surface area contributed by atoms with Crippen molar-refractivity contribution in [1.82, 2.24) is 24.8 Å². The number of anilines is 1. The molecule has 1 aliphatic carbocycles. The van der Waals surface area contributed by atoms with Crippen LogP contribution in [0.15, 0.2) is 12.5 Å². The SMILES string of the molecule is Nc1ncc2ncn([C@@H]3O[C@H](C(NC(=O)[C@@H]4CCC[C@@H]4N)C(=O)O)C[C@H](O)[C@H]3O)c2n1. The summed E-state index contributed by atoms with van der Waals surface area (Å²) in [5.74, 6) is -2.30. The van der Waals surface area contributed by atoms with Crippen LogP contribution in [0.2, 0.25) is 0 Å². The fourth-order valence-electron chi connectivity index (χ4n) is 4.24. The van der Waals surface area contributed by atoms with Gasteiger partial charge in [0.15, 0.2) is 17.9 Å². The number of rotatable bonds is 5. The molecule has 0 bridgehead atoms. The fraction of sp³-hybridized carbons (Fsp3) is 0.611. The zero-order valence-electron chi connectivity index (χ0n) is 16.5. The van der Waals surface area contributed by atoms with Gasteiger partial charge in [-0.1, -0.05) is 6.42 Å². The highest BCUT2D eigenvalue weighted by Gasteiger charge is 2.45. The van der Waals surface area contributed by atoms with Gasteiger partial charge in [-0.3, -0.25) is 9.36 Å². The molecule has 1 unspecified atom stereocenters. The number of aliphatic hydroxyl groups is 2. The van der Waals surface area contributed by atoms with Gasteiger partial charge in [0.05, 0.1) is 30.7 Å². The fourth-order valence-corrected chi connectivity index (χ4v) is 4.24. The molecule has 13 heteroatoms. The number of ether oxygens (including phenoxy) is 1. The third kappa shape index (κ3) is 4.04. The number of hydrogen-bond donors (Lipinski definition) is 6. The number of nitrogens with two attached hydrogens (primary N) is 2. The number of fused-ring (bicyclic) bond motifs is 1. The minimum Gasteiger partial charge on any atom is -0.480 e. The molecule has 168 valence electrons. The van der Waals surface area contributed by atoms with E-state index in [0.717, 1.165) is 6.42 Å². The van der Waals surface area contributed by atoms with Crippen LogP contribution >= 0.6 is 0 Å².